The number of aryl methyl sites for hydroxylation is 2. The molecule has 1 amide bonds. The third-order valence-electron chi connectivity index (χ3n) is 10.5. The predicted octanol–water partition coefficient (Wildman–Crippen LogP) is 7.53. The minimum absolute atomic E-state index is 0.00977. The van der Waals surface area contributed by atoms with Gasteiger partial charge in [-0.25, -0.2) is 4.18 Å². The molecule has 0 aliphatic carbocycles. The van der Waals surface area contributed by atoms with Gasteiger partial charge in [0.1, 0.15) is 18.2 Å². The molecular weight excluding hydrogens is 735 g/mol. The molecule has 1 aliphatic rings. The molecule has 0 spiro atoms. The van der Waals surface area contributed by atoms with Gasteiger partial charge in [-0.1, -0.05) is 136 Å². The third-order valence-corrected chi connectivity index (χ3v) is 11.0. The summed E-state index contributed by atoms with van der Waals surface area (Å²) in [4.78, 5) is 26.0. The molecule has 1 unspecified atom stereocenters. The van der Waals surface area contributed by atoms with Gasteiger partial charge < -0.3 is 25.0 Å². The molecule has 0 bridgehead atoms. The van der Waals surface area contributed by atoms with Gasteiger partial charge in [-0.3, -0.25) is 14.1 Å². The number of hydrogen-bond acceptors (Lipinski definition) is 9. The van der Waals surface area contributed by atoms with E-state index in [9.17, 15) is 32.8 Å². The molecule has 4 N–H and O–H groups in total. The van der Waals surface area contributed by atoms with Crippen molar-refractivity contribution in [1.29, 1.82) is 0 Å². The fraction of sp³-hybridized carbons (Fsp3) is 0.500. The maximum Gasteiger partial charge on any atom is 0.397 e. The van der Waals surface area contributed by atoms with Crippen molar-refractivity contribution in [3.63, 3.8) is 0 Å². The van der Waals surface area contributed by atoms with E-state index < -0.39 is 59.5 Å². The summed E-state index contributed by atoms with van der Waals surface area (Å²) in [5.74, 6) is -1.15. The van der Waals surface area contributed by atoms with Crippen LogP contribution in [0.4, 0.5) is 0 Å². The summed E-state index contributed by atoms with van der Waals surface area (Å²) in [5, 5.41) is 28.2. The summed E-state index contributed by atoms with van der Waals surface area (Å²) in [6, 6.07) is 28.4. The Bertz CT molecular complexity index is 1950. The second kappa shape index (κ2) is 22.1. The molecule has 5 atom stereocenters. The van der Waals surface area contributed by atoms with Gasteiger partial charge in [0.05, 0.1) is 6.61 Å². The highest BCUT2D eigenvalue weighted by Crippen LogP contribution is 2.27. The Morgan fingerprint density at radius 3 is 1.64 bits per heavy atom. The van der Waals surface area contributed by atoms with E-state index in [1.54, 1.807) is 0 Å². The van der Waals surface area contributed by atoms with Gasteiger partial charge in [-0.05, 0) is 71.2 Å². The first-order valence-corrected chi connectivity index (χ1v) is 21.5. The van der Waals surface area contributed by atoms with E-state index in [4.69, 9.17) is 13.7 Å². The van der Waals surface area contributed by atoms with Crippen molar-refractivity contribution in [2.45, 2.75) is 133 Å². The van der Waals surface area contributed by atoms with Crippen LogP contribution in [0.2, 0.25) is 0 Å². The monoisotopic (exact) mass is 791 g/mol. The fourth-order valence-corrected chi connectivity index (χ4v) is 8.02. The predicted molar refractivity (Wildman–Crippen MR) is 216 cm³/mol. The van der Waals surface area contributed by atoms with Crippen LogP contribution in [-0.4, -0.2) is 72.3 Å². The first-order valence-electron chi connectivity index (χ1n) is 20.1. The SMILES string of the molecule is O=C(CCCCCCCCc1ccc2ccccc2c1)N[C@H]1C(O)O[C@H](CO)[C@@H](OS(=O)(=O)O)[C@@H]1OC(=O)CCCCCCCCc1ccc2ccccc2c1. The Balaban J connectivity index is 1.01. The van der Waals surface area contributed by atoms with E-state index in [0.29, 0.717) is 12.8 Å². The molecular formula is C44H57NO10S. The summed E-state index contributed by atoms with van der Waals surface area (Å²) in [5.41, 5.74) is 2.64. The molecule has 4 aromatic rings. The number of amides is 1. The van der Waals surface area contributed by atoms with Gasteiger partial charge in [-0.15, -0.1) is 0 Å². The quantitative estimate of drug-likeness (QED) is 0.0335. The zero-order valence-electron chi connectivity index (χ0n) is 32.1. The van der Waals surface area contributed by atoms with E-state index in [-0.39, 0.29) is 12.8 Å². The lowest BCUT2D eigenvalue weighted by Gasteiger charge is -2.43. The molecule has 5 rings (SSSR count). The second-order valence-electron chi connectivity index (χ2n) is 14.9. The van der Waals surface area contributed by atoms with E-state index in [1.807, 2.05) is 24.3 Å². The molecule has 0 aromatic heterocycles. The van der Waals surface area contributed by atoms with Crippen LogP contribution in [0, 0.1) is 0 Å². The topological polar surface area (TPSA) is 169 Å². The summed E-state index contributed by atoms with van der Waals surface area (Å²) in [7, 11) is -5.09. The van der Waals surface area contributed by atoms with Crippen molar-refractivity contribution in [3.8, 4) is 0 Å². The number of carbonyl (C=O) groups excluding carboxylic acids is 2. The van der Waals surface area contributed by atoms with Crippen molar-refractivity contribution in [1.82, 2.24) is 5.32 Å². The van der Waals surface area contributed by atoms with Crippen LogP contribution in [0.1, 0.15) is 101 Å². The van der Waals surface area contributed by atoms with Crippen LogP contribution in [0.25, 0.3) is 21.5 Å². The van der Waals surface area contributed by atoms with E-state index in [0.717, 1.165) is 77.0 Å². The van der Waals surface area contributed by atoms with Gasteiger partial charge in [0.2, 0.25) is 5.91 Å². The second-order valence-corrected chi connectivity index (χ2v) is 15.9. The van der Waals surface area contributed by atoms with Gasteiger partial charge >= 0.3 is 16.4 Å². The number of benzene rings is 4. The molecule has 0 radical (unpaired) electrons. The Kier molecular flexibility index (Phi) is 17.1. The molecule has 4 aromatic carbocycles. The molecule has 1 heterocycles. The van der Waals surface area contributed by atoms with Gasteiger partial charge in [0.25, 0.3) is 0 Å². The fourth-order valence-electron chi connectivity index (χ4n) is 7.50. The molecule has 12 heteroatoms. The Morgan fingerprint density at radius 1 is 0.643 bits per heavy atom. The number of hydrogen-bond donors (Lipinski definition) is 4. The Hall–Kier alpha value is -3.91. The van der Waals surface area contributed by atoms with E-state index in [1.165, 1.54) is 32.7 Å². The van der Waals surface area contributed by atoms with Crippen LogP contribution < -0.4 is 5.32 Å². The highest BCUT2D eigenvalue weighted by molar-refractivity contribution is 7.80. The zero-order chi connectivity index (χ0) is 39.8. The van der Waals surface area contributed by atoms with Crippen LogP contribution in [-0.2, 0) is 46.5 Å². The third kappa shape index (κ3) is 13.9. The van der Waals surface area contributed by atoms with Crippen molar-refractivity contribution in [3.05, 3.63) is 96.1 Å². The van der Waals surface area contributed by atoms with Crippen LogP contribution in [0.15, 0.2) is 84.9 Å². The summed E-state index contributed by atoms with van der Waals surface area (Å²) in [6.45, 7) is -0.810. The number of carbonyl (C=O) groups is 2. The number of esters is 1. The first kappa shape index (κ1) is 43.2. The number of fused-ring (bicyclic) bond motifs is 2. The largest absolute Gasteiger partial charge is 0.457 e. The van der Waals surface area contributed by atoms with E-state index >= 15 is 0 Å². The lowest BCUT2D eigenvalue weighted by atomic mass is 9.96. The maximum absolute atomic E-state index is 13.0. The van der Waals surface area contributed by atoms with Gasteiger partial charge in [0, 0.05) is 12.8 Å². The number of rotatable bonds is 23. The molecule has 56 heavy (non-hydrogen) atoms. The lowest BCUT2D eigenvalue weighted by molar-refractivity contribution is -0.254. The number of unbranched alkanes of at least 4 members (excludes halogenated alkanes) is 10. The number of nitrogens with one attached hydrogen (secondary N) is 1. The molecule has 0 saturated carbocycles. The minimum atomic E-state index is -5.09. The van der Waals surface area contributed by atoms with Crippen molar-refractivity contribution >= 4 is 43.8 Å². The minimum Gasteiger partial charge on any atom is -0.457 e. The number of ether oxygens (including phenoxy) is 2. The van der Waals surface area contributed by atoms with Crippen LogP contribution in [0.3, 0.4) is 0 Å². The molecule has 1 saturated heterocycles. The summed E-state index contributed by atoms with van der Waals surface area (Å²) < 4.78 is 48.7. The highest BCUT2D eigenvalue weighted by atomic mass is 32.3. The summed E-state index contributed by atoms with van der Waals surface area (Å²) >= 11 is 0. The zero-order valence-corrected chi connectivity index (χ0v) is 32.9. The van der Waals surface area contributed by atoms with Crippen molar-refractivity contribution < 1.29 is 46.4 Å². The number of aliphatic hydroxyl groups excluding tert-OH is 2. The highest BCUT2D eigenvalue weighted by Gasteiger charge is 2.50. The molecule has 304 valence electrons. The van der Waals surface area contributed by atoms with Gasteiger partial charge in [0.15, 0.2) is 12.4 Å². The average Bonchev–Trinajstić information content (AvgIpc) is 3.18. The van der Waals surface area contributed by atoms with E-state index in [2.05, 4.69) is 66.0 Å². The summed E-state index contributed by atoms with van der Waals surface area (Å²) in [6.07, 6.45) is 6.54. The average molecular weight is 792 g/mol. The normalized spacial score (nSPS) is 19.9. The maximum atomic E-state index is 13.0. The first-order chi connectivity index (χ1) is 27.1. The van der Waals surface area contributed by atoms with Crippen LogP contribution >= 0.6 is 0 Å². The number of aliphatic hydroxyl groups is 2. The van der Waals surface area contributed by atoms with Crippen LogP contribution in [0.5, 0.6) is 0 Å². The molecule has 1 aliphatic heterocycles. The molecule has 11 nitrogen and oxygen atoms in total. The van der Waals surface area contributed by atoms with Crippen molar-refractivity contribution in [2.75, 3.05) is 6.61 Å². The van der Waals surface area contributed by atoms with Crippen molar-refractivity contribution in [2.24, 2.45) is 0 Å². The Morgan fingerprint density at radius 2 is 1.12 bits per heavy atom. The van der Waals surface area contributed by atoms with Gasteiger partial charge in [-0.2, -0.15) is 8.42 Å². The molecule has 1 fully saturated rings. The smallest absolute Gasteiger partial charge is 0.397 e. The lowest BCUT2D eigenvalue weighted by Crippen LogP contribution is -2.66. The standard InChI is InChI=1S/C44H57NO10S/c46-31-38-42(55-56(50,51)52)43(54-40(48)24-12-8-4-2-6-10-18-33-26-28-35-20-14-16-22-37(35)30-33)41(44(49)53-38)45-39(47)23-11-7-3-1-5-9-17-32-25-27-34-19-13-15-21-36(34)29-32/h13-16,19-22,25-30,38,41-44,46,49H,1-12,17-18,23-24,31H2,(H,45,47)(H,50,51,52)/t38-,41-,42-,43-,44?/m1/s1. The Labute approximate surface area is 330 Å².